The van der Waals surface area contributed by atoms with Crippen LogP contribution >= 0.6 is 12.4 Å². The van der Waals surface area contributed by atoms with Crippen LogP contribution in [0.5, 0.6) is 0 Å². The lowest BCUT2D eigenvalue weighted by atomic mass is 10.5. The number of halogens is 1. The lowest BCUT2D eigenvalue weighted by Crippen LogP contribution is -1.94. The molecule has 1 rings (SSSR count). The van der Waals surface area contributed by atoms with Gasteiger partial charge in [-0.05, 0) is 0 Å². The molecule has 0 radical (unpaired) electrons. The Labute approximate surface area is 56.9 Å². The van der Waals surface area contributed by atoms with Crippen LogP contribution in [0.3, 0.4) is 0 Å². The Morgan fingerprint density at radius 3 is 2.67 bits per heavy atom. The molecule has 0 saturated carbocycles. The number of aromatic carboxylic acids is 1. The third-order valence-corrected chi connectivity index (χ3v) is 0.657. The molecule has 0 aliphatic rings. The zero-order valence-corrected chi connectivity index (χ0v) is 5.09. The van der Waals surface area contributed by atoms with Gasteiger partial charge in [0.2, 0.25) is 0 Å². The maximum atomic E-state index is 9.94. The summed E-state index contributed by atoms with van der Waals surface area (Å²) in [4.78, 5) is 9.94. The SMILES string of the molecule is Cl.O=C(O)c1ccon1. The molecule has 5 heteroatoms. The summed E-state index contributed by atoms with van der Waals surface area (Å²) < 4.78 is 4.24. The number of nitrogens with zero attached hydrogens (tertiary/aromatic N) is 1. The zero-order valence-electron chi connectivity index (χ0n) is 4.27. The molecule has 0 spiro atoms. The van der Waals surface area contributed by atoms with Gasteiger partial charge in [0.05, 0.1) is 0 Å². The monoisotopic (exact) mass is 149 g/mol. The minimum absolute atomic E-state index is 0. The van der Waals surface area contributed by atoms with Gasteiger partial charge in [-0.2, -0.15) is 0 Å². The van der Waals surface area contributed by atoms with Crippen LogP contribution < -0.4 is 0 Å². The highest BCUT2D eigenvalue weighted by molar-refractivity contribution is 5.85. The first-order valence-electron chi connectivity index (χ1n) is 1.94. The molecule has 0 fully saturated rings. The van der Waals surface area contributed by atoms with Crippen molar-refractivity contribution in [2.75, 3.05) is 0 Å². The highest BCUT2D eigenvalue weighted by atomic mass is 35.5. The maximum Gasteiger partial charge on any atom is 0.358 e. The number of rotatable bonds is 1. The first-order valence-corrected chi connectivity index (χ1v) is 1.94. The minimum atomic E-state index is -1.07. The van der Waals surface area contributed by atoms with Crippen LogP contribution in [0.4, 0.5) is 0 Å². The molecule has 1 aromatic heterocycles. The van der Waals surface area contributed by atoms with E-state index in [9.17, 15) is 4.79 Å². The molecule has 0 atom stereocenters. The van der Waals surface area contributed by atoms with Crippen molar-refractivity contribution < 1.29 is 14.4 Å². The molecule has 0 aliphatic carbocycles. The van der Waals surface area contributed by atoms with Gasteiger partial charge in [-0.25, -0.2) is 4.79 Å². The molecule has 50 valence electrons. The summed E-state index contributed by atoms with van der Waals surface area (Å²) in [5.74, 6) is -1.07. The summed E-state index contributed by atoms with van der Waals surface area (Å²) in [6.45, 7) is 0. The zero-order chi connectivity index (χ0) is 5.98. The molecule has 0 unspecified atom stereocenters. The fraction of sp³-hybridized carbons (Fsp3) is 0. The lowest BCUT2D eigenvalue weighted by Gasteiger charge is -1.75. The van der Waals surface area contributed by atoms with Crippen molar-refractivity contribution >= 4 is 18.4 Å². The number of carboxylic acid groups (broad SMARTS) is 1. The Kier molecular flexibility index (Phi) is 2.73. The normalized spacial score (nSPS) is 8.00. The van der Waals surface area contributed by atoms with Crippen LogP contribution in [-0.4, -0.2) is 16.2 Å². The molecular formula is C4H4ClNO3. The van der Waals surface area contributed by atoms with E-state index < -0.39 is 5.97 Å². The second-order valence-electron chi connectivity index (χ2n) is 1.19. The minimum Gasteiger partial charge on any atom is -0.476 e. The summed E-state index contributed by atoms with van der Waals surface area (Å²) in [6, 6.07) is 1.28. The summed E-state index contributed by atoms with van der Waals surface area (Å²) in [5.41, 5.74) is -0.0648. The Morgan fingerprint density at radius 1 is 1.78 bits per heavy atom. The largest absolute Gasteiger partial charge is 0.476 e. The van der Waals surface area contributed by atoms with Gasteiger partial charge in [0.25, 0.3) is 0 Å². The second-order valence-corrected chi connectivity index (χ2v) is 1.19. The molecule has 0 saturated heterocycles. The molecule has 0 aliphatic heterocycles. The molecule has 1 N–H and O–H groups in total. The number of carbonyl (C=O) groups is 1. The first kappa shape index (κ1) is 7.97. The summed E-state index contributed by atoms with van der Waals surface area (Å²) in [6.07, 6.45) is 1.21. The van der Waals surface area contributed by atoms with Crippen LogP contribution in [-0.2, 0) is 0 Å². The third kappa shape index (κ3) is 1.73. The fourth-order valence-electron chi connectivity index (χ4n) is 0.323. The van der Waals surface area contributed by atoms with Gasteiger partial charge in [-0.1, -0.05) is 5.16 Å². The number of hydrogen-bond donors (Lipinski definition) is 1. The Morgan fingerprint density at radius 2 is 2.44 bits per heavy atom. The van der Waals surface area contributed by atoms with Crippen LogP contribution in [0.15, 0.2) is 16.9 Å². The van der Waals surface area contributed by atoms with Crippen molar-refractivity contribution in [3.8, 4) is 0 Å². The van der Waals surface area contributed by atoms with Crippen LogP contribution in [0.1, 0.15) is 10.5 Å². The third-order valence-electron chi connectivity index (χ3n) is 0.657. The van der Waals surface area contributed by atoms with E-state index in [0.717, 1.165) is 0 Å². The van der Waals surface area contributed by atoms with E-state index >= 15 is 0 Å². The highest BCUT2D eigenvalue weighted by Crippen LogP contribution is 1.91. The van der Waals surface area contributed by atoms with E-state index in [1.54, 1.807) is 0 Å². The van der Waals surface area contributed by atoms with Crippen molar-refractivity contribution in [1.82, 2.24) is 5.16 Å². The van der Waals surface area contributed by atoms with Crippen LogP contribution in [0, 0.1) is 0 Å². The van der Waals surface area contributed by atoms with Gasteiger partial charge in [-0.3, -0.25) is 0 Å². The van der Waals surface area contributed by atoms with Crippen molar-refractivity contribution in [1.29, 1.82) is 0 Å². The molecule has 0 aromatic carbocycles. The van der Waals surface area contributed by atoms with E-state index in [0.29, 0.717) is 0 Å². The maximum absolute atomic E-state index is 9.94. The molecule has 1 heterocycles. The van der Waals surface area contributed by atoms with Gasteiger partial charge in [0, 0.05) is 6.07 Å². The smallest absolute Gasteiger partial charge is 0.358 e. The van der Waals surface area contributed by atoms with E-state index in [-0.39, 0.29) is 18.1 Å². The van der Waals surface area contributed by atoms with Gasteiger partial charge >= 0.3 is 5.97 Å². The summed E-state index contributed by atoms with van der Waals surface area (Å²) >= 11 is 0. The molecule has 1 aromatic rings. The molecule has 0 bridgehead atoms. The Hall–Kier alpha value is -1.03. The van der Waals surface area contributed by atoms with Crippen molar-refractivity contribution in [2.24, 2.45) is 0 Å². The molecule has 9 heavy (non-hydrogen) atoms. The first-order chi connectivity index (χ1) is 3.80. The van der Waals surface area contributed by atoms with Gasteiger partial charge in [-0.15, -0.1) is 12.4 Å². The topological polar surface area (TPSA) is 63.3 Å². The summed E-state index contributed by atoms with van der Waals surface area (Å²) in [5, 5.41) is 11.3. The van der Waals surface area contributed by atoms with Gasteiger partial charge in [0.1, 0.15) is 6.26 Å². The Bertz CT molecular complexity index is 184. The number of carboxylic acids is 1. The fourth-order valence-corrected chi connectivity index (χ4v) is 0.323. The average molecular weight is 150 g/mol. The lowest BCUT2D eigenvalue weighted by molar-refractivity contribution is 0.0685. The second kappa shape index (κ2) is 3.09. The molecule has 4 nitrogen and oxygen atoms in total. The van der Waals surface area contributed by atoms with Crippen molar-refractivity contribution in [2.45, 2.75) is 0 Å². The predicted molar refractivity (Wildman–Crippen MR) is 30.7 cm³/mol. The van der Waals surface area contributed by atoms with Crippen molar-refractivity contribution in [3.63, 3.8) is 0 Å². The van der Waals surface area contributed by atoms with Crippen LogP contribution in [0.2, 0.25) is 0 Å². The number of hydrogen-bond acceptors (Lipinski definition) is 3. The van der Waals surface area contributed by atoms with E-state index in [4.69, 9.17) is 5.11 Å². The van der Waals surface area contributed by atoms with E-state index in [2.05, 4.69) is 9.68 Å². The predicted octanol–water partition coefficient (Wildman–Crippen LogP) is 0.795. The highest BCUT2D eigenvalue weighted by Gasteiger charge is 2.02. The number of aromatic nitrogens is 1. The van der Waals surface area contributed by atoms with E-state index in [1.807, 2.05) is 0 Å². The Balaban J connectivity index is 0.000000640. The summed E-state index contributed by atoms with van der Waals surface area (Å²) in [7, 11) is 0. The van der Waals surface area contributed by atoms with Gasteiger partial charge in [0.15, 0.2) is 5.69 Å². The average Bonchev–Trinajstić information content (AvgIpc) is 2.12. The van der Waals surface area contributed by atoms with Crippen LogP contribution in [0.25, 0.3) is 0 Å². The van der Waals surface area contributed by atoms with Crippen molar-refractivity contribution in [3.05, 3.63) is 18.0 Å². The molecular weight excluding hydrogens is 146 g/mol. The van der Waals surface area contributed by atoms with E-state index in [1.165, 1.54) is 12.3 Å². The van der Waals surface area contributed by atoms with Gasteiger partial charge < -0.3 is 9.63 Å². The molecule has 0 amide bonds. The quantitative estimate of drug-likeness (QED) is 0.641. The standard InChI is InChI=1S/C4H3NO3.ClH/c6-4(7)3-1-2-8-5-3;/h1-2H,(H,6,7);1H.